The maximum absolute atomic E-state index is 13.7. The third-order valence-electron chi connectivity index (χ3n) is 7.14. The van der Waals surface area contributed by atoms with Crippen molar-refractivity contribution in [3.63, 3.8) is 0 Å². The SMILES string of the molecule is COc1cc(-c2[nH]nc(-c3cc(C)c(C4CCN(CC(C)C)CC4)cn3)c2CC(F)(F)F)cn2ncnc12. The summed E-state index contributed by atoms with van der Waals surface area (Å²) in [4.78, 5) is 11.2. The number of nitrogens with one attached hydrogen (secondary N) is 1. The van der Waals surface area contributed by atoms with E-state index in [1.165, 1.54) is 18.0 Å². The van der Waals surface area contributed by atoms with E-state index in [0.717, 1.165) is 43.6 Å². The van der Waals surface area contributed by atoms with Gasteiger partial charge in [-0.3, -0.25) is 10.1 Å². The molecule has 38 heavy (non-hydrogen) atoms. The highest BCUT2D eigenvalue weighted by atomic mass is 19.4. The molecule has 202 valence electrons. The van der Waals surface area contributed by atoms with Crippen molar-refractivity contribution in [2.45, 2.75) is 52.1 Å². The van der Waals surface area contributed by atoms with Crippen molar-refractivity contribution >= 4 is 5.65 Å². The van der Waals surface area contributed by atoms with Crippen molar-refractivity contribution in [3.05, 3.63) is 47.5 Å². The van der Waals surface area contributed by atoms with E-state index in [4.69, 9.17) is 4.74 Å². The molecule has 1 saturated heterocycles. The predicted molar refractivity (Wildman–Crippen MR) is 138 cm³/mol. The first-order valence-electron chi connectivity index (χ1n) is 12.8. The van der Waals surface area contributed by atoms with Gasteiger partial charge in [-0.15, -0.1) is 0 Å². The number of aryl methyl sites for hydroxylation is 1. The highest BCUT2D eigenvalue weighted by Crippen LogP contribution is 2.37. The molecule has 11 heteroatoms. The molecule has 1 fully saturated rings. The Morgan fingerprint density at radius 3 is 2.58 bits per heavy atom. The first kappa shape index (κ1) is 26.1. The Bertz CT molecular complexity index is 1420. The lowest BCUT2D eigenvalue weighted by molar-refractivity contribution is -0.127. The quantitative estimate of drug-likeness (QED) is 0.345. The lowest BCUT2D eigenvalue weighted by Gasteiger charge is -2.33. The van der Waals surface area contributed by atoms with Crippen LogP contribution in [0.15, 0.2) is 30.9 Å². The molecule has 1 aliphatic rings. The molecule has 0 aromatic carbocycles. The molecule has 4 aromatic heterocycles. The molecular formula is C27H32F3N7O. The van der Waals surface area contributed by atoms with Crippen molar-refractivity contribution in [2.24, 2.45) is 5.92 Å². The first-order chi connectivity index (χ1) is 18.1. The van der Waals surface area contributed by atoms with Crippen LogP contribution >= 0.6 is 0 Å². The van der Waals surface area contributed by atoms with Crippen LogP contribution in [0.1, 0.15) is 49.3 Å². The number of fused-ring (bicyclic) bond motifs is 1. The fraction of sp³-hybridized carbons (Fsp3) is 0.481. The Hall–Kier alpha value is -3.47. The maximum atomic E-state index is 13.7. The molecule has 4 aromatic rings. The fourth-order valence-electron chi connectivity index (χ4n) is 5.44. The van der Waals surface area contributed by atoms with Crippen molar-refractivity contribution in [1.82, 2.24) is 34.7 Å². The summed E-state index contributed by atoms with van der Waals surface area (Å²) in [6.45, 7) is 9.65. The molecule has 0 aliphatic carbocycles. The number of alkyl halides is 3. The summed E-state index contributed by atoms with van der Waals surface area (Å²) in [7, 11) is 1.48. The Morgan fingerprint density at radius 1 is 1.16 bits per heavy atom. The Labute approximate surface area is 219 Å². The van der Waals surface area contributed by atoms with Gasteiger partial charge in [0.05, 0.1) is 24.9 Å². The second-order valence-electron chi connectivity index (χ2n) is 10.4. The number of aromatic amines is 1. The van der Waals surface area contributed by atoms with Crippen LogP contribution in [0.25, 0.3) is 28.3 Å². The van der Waals surface area contributed by atoms with Gasteiger partial charge < -0.3 is 9.64 Å². The summed E-state index contributed by atoms with van der Waals surface area (Å²) in [6.07, 6.45) is 1.30. The minimum absolute atomic E-state index is 0.0284. The summed E-state index contributed by atoms with van der Waals surface area (Å²) >= 11 is 0. The van der Waals surface area contributed by atoms with E-state index in [-0.39, 0.29) is 17.0 Å². The Balaban J connectivity index is 1.48. The molecule has 1 aliphatic heterocycles. The highest BCUT2D eigenvalue weighted by molar-refractivity contribution is 5.75. The third kappa shape index (κ3) is 5.38. The zero-order valence-electron chi connectivity index (χ0n) is 22.0. The Kier molecular flexibility index (Phi) is 7.13. The minimum atomic E-state index is -4.44. The van der Waals surface area contributed by atoms with E-state index in [2.05, 4.69) is 44.0 Å². The van der Waals surface area contributed by atoms with Gasteiger partial charge >= 0.3 is 6.18 Å². The second-order valence-corrected chi connectivity index (χ2v) is 10.4. The van der Waals surface area contributed by atoms with E-state index in [9.17, 15) is 13.2 Å². The number of hydrogen-bond acceptors (Lipinski definition) is 6. The van der Waals surface area contributed by atoms with Gasteiger partial charge in [-0.05, 0) is 68.0 Å². The van der Waals surface area contributed by atoms with Crippen LogP contribution in [0.4, 0.5) is 13.2 Å². The lowest BCUT2D eigenvalue weighted by Crippen LogP contribution is -2.35. The smallest absolute Gasteiger partial charge is 0.393 e. The summed E-state index contributed by atoms with van der Waals surface area (Å²) in [5.41, 5.74) is 3.98. The molecule has 0 unspecified atom stereocenters. The predicted octanol–water partition coefficient (Wildman–Crippen LogP) is 5.44. The van der Waals surface area contributed by atoms with E-state index in [0.29, 0.717) is 34.5 Å². The van der Waals surface area contributed by atoms with Crippen molar-refractivity contribution in [2.75, 3.05) is 26.7 Å². The summed E-state index contributed by atoms with van der Waals surface area (Å²) < 4.78 is 48.1. The molecule has 0 bridgehead atoms. The molecule has 8 nitrogen and oxygen atoms in total. The number of rotatable bonds is 7. The number of H-pyrrole nitrogens is 1. The minimum Gasteiger partial charge on any atom is -0.493 e. The van der Waals surface area contributed by atoms with Gasteiger partial charge in [0.25, 0.3) is 0 Å². The lowest BCUT2D eigenvalue weighted by atomic mass is 9.87. The summed E-state index contributed by atoms with van der Waals surface area (Å²) in [5, 5.41) is 11.3. The Morgan fingerprint density at radius 2 is 1.92 bits per heavy atom. The summed E-state index contributed by atoms with van der Waals surface area (Å²) in [6, 6.07) is 3.49. The molecule has 0 atom stereocenters. The van der Waals surface area contributed by atoms with Crippen LogP contribution in [0.5, 0.6) is 5.75 Å². The topological polar surface area (TPSA) is 84.2 Å². The van der Waals surface area contributed by atoms with Gasteiger partial charge in [-0.2, -0.15) is 23.4 Å². The number of aromatic nitrogens is 6. The molecule has 1 N–H and O–H groups in total. The molecular weight excluding hydrogens is 495 g/mol. The third-order valence-corrected chi connectivity index (χ3v) is 7.14. The van der Waals surface area contributed by atoms with Crippen LogP contribution in [0, 0.1) is 12.8 Å². The van der Waals surface area contributed by atoms with Gasteiger partial charge in [-0.25, -0.2) is 9.50 Å². The fourth-order valence-corrected chi connectivity index (χ4v) is 5.44. The number of pyridine rings is 2. The van der Waals surface area contributed by atoms with E-state index in [1.54, 1.807) is 12.3 Å². The number of piperidine rings is 1. The zero-order chi connectivity index (χ0) is 27.0. The van der Waals surface area contributed by atoms with Gasteiger partial charge in [0.1, 0.15) is 12.0 Å². The number of ether oxygens (including phenoxy) is 1. The van der Waals surface area contributed by atoms with Crippen molar-refractivity contribution in [3.8, 4) is 28.4 Å². The van der Waals surface area contributed by atoms with Crippen LogP contribution in [-0.4, -0.2) is 67.6 Å². The average Bonchev–Trinajstić information content (AvgIpc) is 3.49. The molecule has 5 rings (SSSR count). The normalized spacial score (nSPS) is 15.6. The zero-order valence-corrected chi connectivity index (χ0v) is 22.0. The van der Waals surface area contributed by atoms with Crippen LogP contribution in [0.2, 0.25) is 0 Å². The van der Waals surface area contributed by atoms with Crippen LogP contribution in [0.3, 0.4) is 0 Å². The molecule has 0 spiro atoms. The largest absolute Gasteiger partial charge is 0.493 e. The average molecular weight is 528 g/mol. The van der Waals surface area contributed by atoms with Crippen molar-refractivity contribution in [1.29, 1.82) is 0 Å². The van der Waals surface area contributed by atoms with Gasteiger partial charge in [0.2, 0.25) is 0 Å². The van der Waals surface area contributed by atoms with E-state index in [1.807, 2.05) is 19.2 Å². The monoisotopic (exact) mass is 527 g/mol. The summed E-state index contributed by atoms with van der Waals surface area (Å²) in [5.74, 6) is 1.43. The molecule has 0 saturated carbocycles. The maximum Gasteiger partial charge on any atom is 0.393 e. The number of hydrogen-bond donors (Lipinski definition) is 1. The van der Waals surface area contributed by atoms with E-state index >= 15 is 0 Å². The number of methoxy groups -OCH3 is 1. The van der Waals surface area contributed by atoms with Crippen molar-refractivity contribution < 1.29 is 17.9 Å². The van der Waals surface area contributed by atoms with Crippen LogP contribution in [-0.2, 0) is 6.42 Å². The van der Waals surface area contributed by atoms with Crippen LogP contribution < -0.4 is 4.74 Å². The second kappa shape index (κ2) is 10.4. The molecule has 0 amide bonds. The molecule has 5 heterocycles. The number of halogens is 3. The van der Waals surface area contributed by atoms with Gasteiger partial charge in [0, 0.05) is 30.1 Å². The standard InChI is InChI=1S/C27H32F3N7O/c1-16(2)13-36-7-5-18(6-8-36)21-12-31-22(9-17(21)3)25-20(11-27(28,29)30)24(34-35-25)19-10-23(38-4)26-32-15-33-37(26)14-19/h9-10,12,14-16,18H,5-8,11,13H2,1-4H3,(H,34,35). The van der Waals surface area contributed by atoms with E-state index < -0.39 is 12.6 Å². The van der Waals surface area contributed by atoms with Gasteiger partial charge in [-0.1, -0.05) is 13.8 Å². The number of likely N-dealkylation sites (tertiary alicyclic amines) is 1. The number of nitrogens with zero attached hydrogens (tertiary/aromatic N) is 6. The molecule has 0 radical (unpaired) electrons. The van der Waals surface area contributed by atoms with Gasteiger partial charge in [0.15, 0.2) is 11.4 Å². The first-order valence-corrected chi connectivity index (χ1v) is 12.8. The highest BCUT2D eigenvalue weighted by Gasteiger charge is 2.33.